The van der Waals surface area contributed by atoms with E-state index in [1.54, 1.807) is 18.2 Å². The molecule has 3 N–H and O–H groups in total. The van der Waals surface area contributed by atoms with Crippen LogP contribution in [0.15, 0.2) is 27.6 Å². The summed E-state index contributed by atoms with van der Waals surface area (Å²) in [4.78, 5) is 27.2. The zero-order valence-electron chi connectivity index (χ0n) is 17.0. The maximum absolute atomic E-state index is 13.5. The number of halogens is 1. The molecule has 1 aromatic heterocycles. The number of H-pyrrole nitrogens is 1. The summed E-state index contributed by atoms with van der Waals surface area (Å²) in [6.45, 7) is 3.31. The van der Waals surface area contributed by atoms with Gasteiger partial charge in [-0.25, -0.2) is 0 Å². The Bertz CT molecular complexity index is 1070. The fourth-order valence-electron chi connectivity index (χ4n) is 3.36. The van der Waals surface area contributed by atoms with Gasteiger partial charge in [-0.15, -0.1) is 0 Å². The number of ether oxygens (including phenoxy) is 2. The van der Waals surface area contributed by atoms with Gasteiger partial charge in [0.2, 0.25) is 0 Å². The quantitative estimate of drug-likeness (QED) is 0.322. The molecule has 1 fully saturated rings. The number of aromatic nitrogens is 1. The van der Waals surface area contributed by atoms with Crippen molar-refractivity contribution in [2.45, 2.75) is 29.6 Å². The van der Waals surface area contributed by atoms with Gasteiger partial charge in [0.25, 0.3) is 0 Å². The third kappa shape index (κ3) is 5.58. The normalized spacial score (nSPS) is 18.2. The molecule has 31 heavy (non-hydrogen) atoms. The van der Waals surface area contributed by atoms with E-state index in [0.717, 1.165) is 11.6 Å². The van der Waals surface area contributed by atoms with Gasteiger partial charge in [-0.05, 0) is 0 Å². The molecule has 9 nitrogen and oxygen atoms in total. The standard InChI is InChI=1S/C19H25AsBrN3O6S/c1-2-29-8-3-6-20-18(25)15-11-24(7-9-30-15)31(27,28)17-13-10-12(21)4-5-14(13)23-16(17)19(22)26/h4-5,10,15,20,23H,2-3,6-9,11H2,1H3,(H2,22,26). The van der Waals surface area contributed by atoms with Crippen molar-refractivity contribution < 1.29 is 27.5 Å². The molecule has 3 rings (SSSR count). The van der Waals surface area contributed by atoms with Crippen molar-refractivity contribution in [3.8, 4) is 0 Å². The van der Waals surface area contributed by atoms with Gasteiger partial charge >= 0.3 is 196 Å². The molecule has 2 unspecified atom stereocenters. The number of carbonyl (C=O) groups excluding carboxylic acids is 2. The van der Waals surface area contributed by atoms with Gasteiger partial charge in [0.1, 0.15) is 0 Å². The summed E-state index contributed by atoms with van der Waals surface area (Å²) in [5.41, 5.74) is 5.77. The third-order valence-corrected chi connectivity index (χ3v) is 9.97. The summed E-state index contributed by atoms with van der Waals surface area (Å²) < 4.78 is 39.7. The van der Waals surface area contributed by atoms with Crippen molar-refractivity contribution in [2.24, 2.45) is 5.73 Å². The van der Waals surface area contributed by atoms with Gasteiger partial charge in [-0.2, -0.15) is 0 Å². The molecule has 1 aliphatic heterocycles. The number of carbonyl (C=O) groups is 2. The molecule has 2 atom stereocenters. The number of rotatable bonds is 10. The maximum atomic E-state index is 13.5. The molecule has 1 amide bonds. The molecule has 0 radical (unpaired) electrons. The molecule has 0 spiro atoms. The minimum absolute atomic E-state index is 0.0202. The Morgan fingerprint density at radius 2 is 2.19 bits per heavy atom. The number of nitrogens with zero attached hydrogens (tertiary/aromatic N) is 1. The van der Waals surface area contributed by atoms with E-state index in [1.807, 2.05) is 6.92 Å². The Hall–Kier alpha value is -1.23. The second-order valence-electron chi connectivity index (χ2n) is 6.95. The van der Waals surface area contributed by atoms with Gasteiger partial charge in [0.05, 0.1) is 0 Å². The van der Waals surface area contributed by atoms with Gasteiger partial charge in [-0.3, -0.25) is 0 Å². The summed E-state index contributed by atoms with van der Waals surface area (Å²) in [5.74, 6) is -0.868. The monoisotopic (exact) mass is 577 g/mol. The van der Waals surface area contributed by atoms with E-state index < -0.39 is 37.8 Å². The van der Waals surface area contributed by atoms with E-state index in [-0.39, 0.29) is 34.9 Å². The predicted molar refractivity (Wildman–Crippen MR) is 121 cm³/mol. The second-order valence-corrected chi connectivity index (χ2v) is 12.6. The van der Waals surface area contributed by atoms with E-state index in [1.165, 1.54) is 4.31 Å². The van der Waals surface area contributed by atoms with Crippen molar-refractivity contribution in [3.63, 3.8) is 0 Å². The summed E-state index contributed by atoms with van der Waals surface area (Å²) in [5, 5.41) is 1.13. The number of amides is 1. The van der Waals surface area contributed by atoms with Gasteiger partial charge in [0, 0.05) is 0 Å². The number of primary amides is 1. The third-order valence-electron chi connectivity index (χ3n) is 4.85. The van der Waals surface area contributed by atoms with Crippen LogP contribution in [0.2, 0.25) is 5.21 Å². The molecular weight excluding hydrogens is 553 g/mol. The minimum atomic E-state index is -4.09. The van der Waals surface area contributed by atoms with Gasteiger partial charge in [-0.1, -0.05) is 0 Å². The van der Waals surface area contributed by atoms with Crippen LogP contribution in [0.25, 0.3) is 10.9 Å². The average molecular weight is 578 g/mol. The zero-order valence-corrected chi connectivity index (χ0v) is 21.5. The van der Waals surface area contributed by atoms with Gasteiger partial charge in [0.15, 0.2) is 0 Å². The van der Waals surface area contributed by atoms with Crippen LogP contribution in [0.3, 0.4) is 0 Å². The SMILES string of the molecule is CCOCCC[AsH]C(=O)C1CN(S(=O)(=O)c2c(C(N)=O)[nH]c3ccc(Br)cc23)CCO1. The Kier molecular flexibility index (Phi) is 8.34. The topological polar surface area (TPSA) is 132 Å². The molecular formula is C19H25AsBrN3O6S. The van der Waals surface area contributed by atoms with Crippen molar-refractivity contribution in [1.82, 2.24) is 9.29 Å². The second kappa shape index (κ2) is 10.6. The number of nitrogens with one attached hydrogen (secondary N) is 1. The number of sulfonamides is 1. The number of fused-ring (bicyclic) bond motifs is 1. The van der Waals surface area contributed by atoms with E-state index >= 15 is 0 Å². The first-order valence-electron chi connectivity index (χ1n) is 9.84. The van der Waals surface area contributed by atoms with Crippen molar-refractivity contribution in [1.29, 1.82) is 0 Å². The van der Waals surface area contributed by atoms with Crippen LogP contribution in [-0.2, 0) is 24.3 Å². The van der Waals surface area contributed by atoms with Crippen LogP contribution in [0.5, 0.6) is 0 Å². The Morgan fingerprint density at radius 3 is 2.90 bits per heavy atom. The number of aromatic amines is 1. The van der Waals surface area contributed by atoms with Crippen LogP contribution < -0.4 is 5.73 Å². The van der Waals surface area contributed by atoms with Crippen LogP contribution >= 0.6 is 15.9 Å². The number of hydrogen-bond acceptors (Lipinski definition) is 6. The Morgan fingerprint density at radius 1 is 1.42 bits per heavy atom. The Balaban J connectivity index is 1.82. The fraction of sp³-hybridized carbons (Fsp3) is 0.474. The van der Waals surface area contributed by atoms with Gasteiger partial charge < -0.3 is 0 Å². The van der Waals surface area contributed by atoms with Crippen LogP contribution in [0, 0.1) is 0 Å². The summed E-state index contributed by atoms with van der Waals surface area (Å²) in [7, 11) is -4.09. The summed E-state index contributed by atoms with van der Waals surface area (Å²) in [6, 6.07) is 5.03. The molecule has 0 saturated carbocycles. The Labute approximate surface area is 195 Å². The molecule has 1 aliphatic rings. The molecule has 2 aromatic rings. The number of hydrogen-bond donors (Lipinski definition) is 2. The van der Waals surface area contributed by atoms with Crippen LogP contribution in [0.4, 0.5) is 0 Å². The molecule has 0 aliphatic carbocycles. The first kappa shape index (κ1) is 24.4. The summed E-state index contributed by atoms with van der Waals surface area (Å²) in [6.07, 6.45) is 0.0186. The van der Waals surface area contributed by atoms with Crippen LogP contribution in [-0.4, -0.2) is 83.0 Å². The van der Waals surface area contributed by atoms with Crippen LogP contribution in [0.1, 0.15) is 23.8 Å². The van der Waals surface area contributed by atoms with Crippen molar-refractivity contribution >= 4 is 63.1 Å². The fourth-order valence-corrected chi connectivity index (χ4v) is 7.51. The molecule has 1 saturated heterocycles. The van der Waals surface area contributed by atoms with E-state index in [0.29, 0.717) is 28.6 Å². The molecule has 2 heterocycles. The molecule has 170 valence electrons. The zero-order chi connectivity index (χ0) is 22.6. The average Bonchev–Trinajstić information content (AvgIpc) is 3.13. The first-order valence-corrected chi connectivity index (χ1v) is 14.6. The first-order chi connectivity index (χ1) is 14.8. The molecule has 0 bridgehead atoms. The van der Waals surface area contributed by atoms with Crippen molar-refractivity contribution in [3.05, 3.63) is 28.4 Å². The molecule has 1 aromatic carbocycles. The predicted octanol–water partition coefficient (Wildman–Crippen LogP) is 1.23. The van der Waals surface area contributed by atoms with E-state index in [2.05, 4.69) is 20.9 Å². The number of morpholine rings is 1. The number of benzene rings is 1. The molecule has 12 heteroatoms. The summed E-state index contributed by atoms with van der Waals surface area (Å²) >= 11 is 2.40. The van der Waals surface area contributed by atoms with E-state index in [4.69, 9.17) is 15.2 Å². The number of nitrogens with two attached hydrogens (primary N) is 1. The van der Waals surface area contributed by atoms with E-state index in [9.17, 15) is 18.0 Å². The van der Waals surface area contributed by atoms with Crippen molar-refractivity contribution in [2.75, 3.05) is 32.9 Å².